The fraction of sp³-hybridized carbons (Fsp3) is 0.167. The largest absolute Gasteiger partial charge is 0.550 e. The lowest BCUT2D eigenvalue weighted by Crippen LogP contribution is -2.28. The van der Waals surface area contributed by atoms with E-state index in [0.717, 1.165) is 0 Å². The van der Waals surface area contributed by atoms with Crippen LogP contribution in [0.2, 0.25) is 0 Å². The first kappa shape index (κ1) is 17.2. The molecule has 0 aliphatic carbocycles. The third-order valence-corrected chi connectivity index (χ3v) is 3.30. The van der Waals surface area contributed by atoms with E-state index in [1.54, 1.807) is 48.5 Å². The van der Waals surface area contributed by atoms with Gasteiger partial charge in [-0.05, 0) is 37.1 Å². The molecule has 0 spiro atoms. The maximum Gasteiger partial charge on any atom is 0.255 e. The molecule has 2 rings (SSSR count). The predicted molar refractivity (Wildman–Crippen MR) is 87.4 cm³/mol. The fourth-order valence-corrected chi connectivity index (χ4v) is 2.10. The number of hydrogen-bond donors (Lipinski definition) is 2. The summed E-state index contributed by atoms with van der Waals surface area (Å²) in [6.07, 6.45) is 0.166. The smallest absolute Gasteiger partial charge is 0.255 e. The van der Waals surface area contributed by atoms with Crippen LogP contribution in [0.5, 0.6) is 0 Å². The van der Waals surface area contributed by atoms with Gasteiger partial charge in [-0.1, -0.05) is 30.3 Å². The van der Waals surface area contributed by atoms with E-state index in [9.17, 15) is 19.5 Å². The second-order valence-electron chi connectivity index (χ2n) is 5.10. The number of carbonyl (C=O) groups is 3. The number of amides is 2. The third kappa shape index (κ3) is 4.95. The molecule has 2 amide bonds. The van der Waals surface area contributed by atoms with Crippen LogP contribution in [0, 0.1) is 0 Å². The Labute approximate surface area is 139 Å². The summed E-state index contributed by atoms with van der Waals surface area (Å²) in [5, 5.41) is 15.7. The predicted octanol–water partition coefficient (Wildman–Crippen LogP) is 1.20. The van der Waals surface area contributed by atoms with Crippen LogP contribution < -0.4 is 15.7 Å². The quantitative estimate of drug-likeness (QED) is 0.747. The second kappa shape index (κ2) is 8.47. The van der Waals surface area contributed by atoms with Crippen molar-refractivity contribution >= 4 is 23.5 Å². The Bertz CT molecular complexity index is 729. The second-order valence-corrected chi connectivity index (χ2v) is 5.10. The zero-order valence-electron chi connectivity index (χ0n) is 13.0. The molecule has 0 aliphatic heterocycles. The van der Waals surface area contributed by atoms with Gasteiger partial charge in [0.15, 0.2) is 0 Å². The fourth-order valence-electron chi connectivity index (χ4n) is 2.10. The van der Waals surface area contributed by atoms with Gasteiger partial charge in [0.2, 0.25) is 0 Å². The number of carbonyl (C=O) groups excluding carboxylic acids is 3. The molecule has 0 atom stereocenters. The van der Waals surface area contributed by atoms with Gasteiger partial charge in [-0.15, -0.1) is 0 Å². The highest BCUT2D eigenvalue weighted by Gasteiger charge is 2.13. The summed E-state index contributed by atoms with van der Waals surface area (Å²) in [7, 11) is 0. The minimum Gasteiger partial charge on any atom is -0.550 e. The molecule has 2 aromatic carbocycles. The first-order valence-corrected chi connectivity index (χ1v) is 7.51. The molecule has 2 N–H and O–H groups in total. The van der Waals surface area contributed by atoms with Gasteiger partial charge in [-0.2, -0.15) is 0 Å². The van der Waals surface area contributed by atoms with Crippen molar-refractivity contribution in [2.45, 2.75) is 12.8 Å². The number of carboxylic acids is 1. The average molecular weight is 325 g/mol. The Morgan fingerprint density at radius 3 is 2.25 bits per heavy atom. The van der Waals surface area contributed by atoms with Crippen LogP contribution in [0.1, 0.15) is 33.6 Å². The molecule has 0 saturated carbocycles. The molecule has 0 aromatic heterocycles. The van der Waals surface area contributed by atoms with Crippen molar-refractivity contribution in [3.05, 3.63) is 65.7 Å². The lowest BCUT2D eigenvalue weighted by Gasteiger charge is -2.11. The van der Waals surface area contributed by atoms with Crippen molar-refractivity contribution in [2.24, 2.45) is 0 Å². The Kier molecular flexibility index (Phi) is 6.08. The molecule has 0 saturated heterocycles. The van der Waals surface area contributed by atoms with E-state index in [4.69, 9.17) is 0 Å². The first-order valence-electron chi connectivity index (χ1n) is 7.51. The summed E-state index contributed by atoms with van der Waals surface area (Å²) in [4.78, 5) is 34.8. The standard InChI is InChI=1S/C18H18N2O4/c21-16(22)11-6-12-19-18(24)14-9-4-5-10-15(14)20-17(23)13-7-2-1-3-8-13/h1-5,7-10H,6,11-12H2,(H,19,24)(H,20,23)(H,21,22)/p-1. The van der Waals surface area contributed by atoms with Crippen LogP contribution >= 0.6 is 0 Å². The lowest BCUT2D eigenvalue weighted by molar-refractivity contribution is -0.305. The van der Waals surface area contributed by atoms with Crippen molar-refractivity contribution in [3.8, 4) is 0 Å². The van der Waals surface area contributed by atoms with Gasteiger partial charge in [0, 0.05) is 18.1 Å². The van der Waals surface area contributed by atoms with Gasteiger partial charge in [0.1, 0.15) is 0 Å². The molecular weight excluding hydrogens is 308 g/mol. The van der Waals surface area contributed by atoms with Gasteiger partial charge < -0.3 is 20.5 Å². The van der Waals surface area contributed by atoms with Crippen LogP contribution in [0.25, 0.3) is 0 Å². The zero-order chi connectivity index (χ0) is 17.4. The summed E-state index contributed by atoms with van der Waals surface area (Å²) in [6.45, 7) is 0.216. The Morgan fingerprint density at radius 1 is 0.875 bits per heavy atom. The zero-order valence-corrected chi connectivity index (χ0v) is 13.0. The number of aliphatic carboxylic acids is 1. The molecule has 6 heteroatoms. The normalized spacial score (nSPS) is 10.0. The van der Waals surface area contributed by atoms with Crippen LogP contribution in [0.4, 0.5) is 5.69 Å². The van der Waals surface area contributed by atoms with E-state index in [1.807, 2.05) is 6.07 Å². The number of rotatable bonds is 7. The molecule has 124 valence electrons. The number of anilines is 1. The molecule has 2 aromatic rings. The Balaban J connectivity index is 2.03. The number of para-hydroxylation sites is 1. The van der Waals surface area contributed by atoms with Crippen molar-refractivity contribution in [1.29, 1.82) is 0 Å². The van der Waals surface area contributed by atoms with Gasteiger partial charge in [0.05, 0.1) is 11.3 Å². The number of nitrogens with one attached hydrogen (secondary N) is 2. The molecule has 0 unspecified atom stereocenters. The maximum atomic E-state index is 12.2. The van der Waals surface area contributed by atoms with E-state index >= 15 is 0 Å². The van der Waals surface area contributed by atoms with Gasteiger partial charge >= 0.3 is 0 Å². The molecule has 0 fully saturated rings. The summed E-state index contributed by atoms with van der Waals surface area (Å²) in [5.74, 6) is -1.84. The number of hydrogen-bond acceptors (Lipinski definition) is 4. The Morgan fingerprint density at radius 2 is 1.54 bits per heavy atom. The minimum absolute atomic E-state index is 0.118. The third-order valence-electron chi connectivity index (χ3n) is 3.30. The topological polar surface area (TPSA) is 98.3 Å². The SMILES string of the molecule is O=C([O-])CCCNC(=O)c1ccccc1NC(=O)c1ccccc1. The van der Waals surface area contributed by atoms with Crippen molar-refractivity contribution in [3.63, 3.8) is 0 Å². The van der Waals surface area contributed by atoms with Gasteiger partial charge in [0.25, 0.3) is 11.8 Å². The molecule has 24 heavy (non-hydrogen) atoms. The molecular formula is C18H17N2O4-. The summed E-state index contributed by atoms with van der Waals surface area (Å²) in [6, 6.07) is 15.3. The van der Waals surface area contributed by atoms with Gasteiger partial charge in [-0.3, -0.25) is 9.59 Å². The van der Waals surface area contributed by atoms with E-state index < -0.39 is 5.97 Å². The summed E-state index contributed by atoms with van der Waals surface area (Å²) >= 11 is 0. The van der Waals surface area contributed by atoms with E-state index in [-0.39, 0.29) is 31.2 Å². The molecule has 0 heterocycles. The monoisotopic (exact) mass is 325 g/mol. The highest BCUT2D eigenvalue weighted by atomic mass is 16.4. The molecule has 6 nitrogen and oxygen atoms in total. The van der Waals surface area contributed by atoms with E-state index in [1.165, 1.54) is 0 Å². The van der Waals surface area contributed by atoms with Gasteiger partial charge in [-0.25, -0.2) is 0 Å². The van der Waals surface area contributed by atoms with Crippen molar-refractivity contribution in [1.82, 2.24) is 5.32 Å². The van der Waals surface area contributed by atoms with Crippen LogP contribution in [-0.4, -0.2) is 24.3 Å². The molecule has 0 bridgehead atoms. The highest BCUT2D eigenvalue weighted by molar-refractivity contribution is 6.08. The molecule has 0 radical (unpaired) electrons. The lowest BCUT2D eigenvalue weighted by atomic mass is 10.1. The summed E-state index contributed by atoms with van der Waals surface area (Å²) < 4.78 is 0. The van der Waals surface area contributed by atoms with E-state index in [0.29, 0.717) is 16.8 Å². The minimum atomic E-state index is -1.15. The van der Waals surface area contributed by atoms with Crippen molar-refractivity contribution < 1.29 is 19.5 Å². The Hall–Kier alpha value is -3.15. The van der Waals surface area contributed by atoms with Crippen LogP contribution in [0.15, 0.2) is 54.6 Å². The summed E-state index contributed by atoms with van der Waals surface area (Å²) in [5.41, 5.74) is 1.20. The van der Waals surface area contributed by atoms with Crippen LogP contribution in [0.3, 0.4) is 0 Å². The highest BCUT2D eigenvalue weighted by Crippen LogP contribution is 2.16. The maximum absolute atomic E-state index is 12.2. The van der Waals surface area contributed by atoms with E-state index in [2.05, 4.69) is 10.6 Å². The van der Waals surface area contributed by atoms with Crippen molar-refractivity contribution in [2.75, 3.05) is 11.9 Å². The molecule has 0 aliphatic rings. The average Bonchev–Trinajstić information content (AvgIpc) is 2.59. The first-order chi connectivity index (χ1) is 11.6. The van der Waals surface area contributed by atoms with Crippen LogP contribution in [-0.2, 0) is 4.79 Å². The number of carboxylic acid groups (broad SMARTS) is 1. The number of benzene rings is 2.